The van der Waals surface area contributed by atoms with Gasteiger partial charge >= 0.3 is 0 Å². The van der Waals surface area contributed by atoms with Crippen molar-refractivity contribution >= 4 is 17.2 Å². The normalized spacial score (nSPS) is 10.3. The van der Waals surface area contributed by atoms with Crippen LogP contribution in [0.3, 0.4) is 0 Å². The fourth-order valence-electron chi connectivity index (χ4n) is 1.80. The van der Waals surface area contributed by atoms with Crippen molar-refractivity contribution < 1.29 is 13.6 Å². The lowest BCUT2D eigenvalue weighted by molar-refractivity contribution is 0.0759. The van der Waals surface area contributed by atoms with Gasteiger partial charge in [-0.2, -0.15) is 0 Å². The minimum Gasteiger partial charge on any atom is -0.330 e. The van der Waals surface area contributed by atoms with Crippen molar-refractivity contribution in [2.24, 2.45) is 0 Å². The number of amides is 1. The second kappa shape index (κ2) is 6.43. The topological polar surface area (TPSA) is 20.3 Å². The molecule has 2 rings (SSSR count). The Balaban J connectivity index is 2.26. The highest BCUT2D eigenvalue weighted by Gasteiger charge is 2.19. The summed E-state index contributed by atoms with van der Waals surface area (Å²) < 4.78 is 26.8. The van der Waals surface area contributed by atoms with Crippen LogP contribution < -0.4 is 0 Å². The van der Waals surface area contributed by atoms with Crippen LogP contribution in [0.1, 0.15) is 15.2 Å². The third kappa shape index (κ3) is 3.30. The molecule has 0 spiro atoms. The third-order valence-electron chi connectivity index (χ3n) is 2.72. The van der Waals surface area contributed by atoms with Crippen LogP contribution in [0.4, 0.5) is 8.78 Å². The number of nitrogens with zero attached hydrogens (tertiary/aromatic N) is 1. The maximum Gasteiger partial charge on any atom is 0.257 e. The van der Waals surface area contributed by atoms with Crippen LogP contribution in [0, 0.1) is 11.6 Å². The van der Waals surface area contributed by atoms with Gasteiger partial charge in [-0.1, -0.05) is 12.1 Å². The Morgan fingerprint density at radius 3 is 2.80 bits per heavy atom. The predicted molar refractivity (Wildman–Crippen MR) is 75.6 cm³/mol. The number of halogens is 2. The van der Waals surface area contributed by atoms with E-state index in [9.17, 15) is 13.6 Å². The lowest BCUT2D eigenvalue weighted by Crippen LogP contribution is -2.31. The van der Waals surface area contributed by atoms with E-state index >= 15 is 0 Å². The van der Waals surface area contributed by atoms with Gasteiger partial charge < -0.3 is 4.90 Å². The summed E-state index contributed by atoms with van der Waals surface area (Å²) in [5, 5.41) is 1.90. The van der Waals surface area contributed by atoms with E-state index in [-0.39, 0.29) is 12.1 Å². The van der Waals surface area contributed by atoms with Crippen molar-refractivity contribution in [2.75, 3.05) is 6.54 Å². The summed E-state index contributed by atoms with van der Waals surface area (Å²) in [6.07, 6.45) is 1.56. The molecule has 5 heteroatoms. The van der Waals surface area contributed by atoms with Crippen LogP contribution >= 0.6 is 11.3 Å². The molecule has 0 unspecified atom stereocenters. The molecule has 2 aromatic rings. The number of carbonyl (C=O) groups is 1. The molecular weight excluding hydrogens is 280 g/mol. The first kappa shape index (κ1) is 14.4. The SMILES string of the molecule is C=CCN(Cc1cccs1)C(=O)c1cc(F)ccc1F. The molecule has 0 N–H and O–H groups in total. The van der Waals surface area contributed by atoms with Gasteiger partial charge in [-0.15, -0.1) is 17.9 Å². The lowest BCUT2D eigenvalue weighted by atomic mass is 10.1. The highest BCUT2D eigenvalue weighted by molar-refractivity contribution is 7.09. The number of thiophene rings is 1. The van der Waals surface area contributed by atoms with E-state index in [4.69, 9.17) is 0 Å². The first-order valence-electron chi connectivity index (χ1n) is 5.99. The average Bonchev–Trinajstić information content (AvgIpc) is 2.93. The molecule has 1 heterocycles. The first-order valence-corrected chi connectivity index (χ1v) is 6.87. The van der Waals surface area contributed by atoms with Crippen molar-refractivity contribution in [3.8, 4) is 0 Å². The van der Waals surface area contributed by atoms with Gasteiger partial charge in [0.15, 0.2) is 0 Å². The Kier molecular flexibility index (Phi) is 4.63. The summed E-state index contributed by atoms with van der Waals surface area (Å²) in [6, 6.07) is 6.63. The number of carbonyl (C=O) groups excluding carboxylic acids is 1. The molecule has 0 atom stereocenters. The lowest BCUT2D eigenvalue weighted by Gasteiger charge is -2.20. The standard InChI is InChI=1S/C15H13F2NOS/c1-2-7-18(10-12-4-3-8-20-12)15(19)13-9-11(16)5-6-14(13)17/h2-6,8-9H,1,7,10H2. The Morgan fingerprint density at radius 1 is 1.35 bits per heavy atom. The molecular formula is C15H13F2NOS. The van der Waals surface area contributed by atoms with Crippen molar-refractivity contribution in [1.82, 2.24) is 4.90 Å². The maximum absolute atomic E-state index is 13.7. The molecule has 0 fully saturated rings. The van der Waals surface area contributed by atoms with Crippen molar-refractivity contribution in [2.45, 2.75) is 6.54 Å². The molecule has 0 aliphatic carbocycles. The molecule has 20 heavy (non-hydrogen) atoms. The fourth-order valence-corrected chi connectivity index (χ4v) is 2.52. The molecule has 0 saturated heterocycles. The van der Waals surface area contributed by atoms with Crippen LogP contribution in [0.5, 0.6) is 0 Å². The van der Waals surface area contributed by atoms with Crippen molar-refractivity contribution in [3.05, 3.63) is 70.4 Å². The van der Waals surface area contributed by atoms with E-state index in [1.165, 1.54) is 16.2 Å². The predicted octanol–water partition coefficient (Wildman–Crippen LogP) is 3.85. The largest absolute Gasteiger partial charge is 0.330 e. The van der Waals surface area contributed by atoms with Crippen LogP contribution in [-0.4, -0.2) is 17.4 Å². The Hall–Kier alpha value is -2.01. The highest BCUT2D eigenvalue weighted by Crippen LogP contribution is 2.17. The number of benzene rings is 1. The second-order valence-corrected chi connectivity index (χ2v) is 5.21. The van der Waals surface area contributed by atoms with Gasteiger partial charge in [0.25, 0.3) is 5.91 Å². The van der Waals surface area contributed by atoms with Gasteiger partial charge in [-0.05, 0) is 29.6 Å². The molecule has 1 aromatic carbocycles. The summed E-state index contributed by atoms with van der Waals surface area (Å²) >= 11 is 1.50. The second-order valence-electron chi connectivity index (χ2n) is 4.18. The summed E-state index contributed by atoms with van der Waals surface area (Å²) in [5.74, 6) is -1.91. The van der Waals surface area contributed by atoms with E-state index in [1.807, 2.05) is 17.5 Å². The highest BCUT2D eigenvalue weighted by atomic mass is 32.1. The Labute approximate surface area is 120 Å². The van der Waals surface area contributed by atoms with Gasteiger partial charge in [-0.25, -0.2) is 8.78 Å². The van der Waals surface area contributed by atoms with Crippen molar-refractivity contribution in [1.29, 1.82) is 0 Å². The average molecular weight is 293 g/mol. The monoisotopic (exact) mass is 293 g/mol. The van der Waals surface area contributed by atoms with Gasteiger partial charge in [0.05, 0.1) is 12.1 Å². The molecule has 104 valence electrons. The summed E-state index contributed by atoms with van der Waals surface area (Å²) in [5.41, 5.74) is -0.261. The van der Waals surface area contributed by atoms with Gasteiger partial charge in [0, 0.05) is 11.4 Å². The van der Waals surface area contributed by atoms with E-state index in [1.54, 1.807) is 6.08 Å². The molecule has 0 aliphatic rings. The Morgan fingerprint density at radius 2 is 2.15 bits per heavy atom. The summed E-state index contributed by atoms with van der Waals surface area (Å²) in [6.45, 7) is 4.20. The zero-order valence-electron chi connectivity index (χ0n) is 10.7. The summed E-state index contributed by atoms with van der Waals surface area (Å²) in [7, 11) is 0. The van der Waals surface area contributed by atoms with Gasteiger partial charge in [0.1, 0.15) is 11.6 Å². The van der Waals surface area contributed by atoms with Crippen LogP contribution in [0.2, 0.25) is 0 Å². The number of hydrogen-bond acceptors (Lipinski definition) is 2. The first-order chi connectivity index (χ1) is 9.61. The molecule has 0 bridgehead atoms. The van der Waals surface area contributed by atoms with Gasteiger partial charge in [-0.3, -0.25) is 4.79 Å². The van der Waals surface area contributed by atoms with Crippen molar-refractivity contribution in [3.63, 3.8) is 0 Å². The minimum absolute atomic E-state index is 0.261. The Bertz CT molecular complexity index is 610. The van der Waals surface area contributed by atoms with Crippen LogP contribution in [-0.2, 0) is 6.54 Å². The molecule has 2 nitrogen and oxygen atoms in total. The van der Waals surface area contributed by atoms with Crippen LogP contribution in [0.25, 0.3) is 0 Å². The molecule has 0 aliphatic heterocycles. The zero-order chi connectivity index (χ0) is 14.5. The smallest absolute Gasteiger partial charge is 0.257 e. The minimum atomic E-state index is -0.725. The number of hydrogen-bond donors (Lipinski definition) is 0. The fraction of sp³-hybridized carbons (Fsp3) is 0.133. The third-order valence-corrected chi connectivity index (χ3v) is 3.58. The van der Waals surface area contributed by atoms with E-state index < -0.39 is 17.5 Å². The zero-order valence-corrected chi connectivity index (χ0v) is 11.5. The molecule has 0 saturated carbocycles. The quantitative estimate of drug-likeness (QED) is 0.767. The van der Waals surface area contributed by atoms with Gasteiger partial charge in [0.2, 0.25) is 0 Å². The summed E-state index contributed by atoms with van der Waals surface area (Å²) in [4.78, 5) is 14.7. The van der Waals surface area contributed by atoms with Crippen LogP contribution in [0.15, 0.2) is 48.4 Å². The maximum atomic E-state index is 13.7. The molecule has 0 radical (unpaired) electrons. The van der Waals surface area contributed by atoms with E-state index in [0.29, 0.717) is 6.54 Å². The molecule has 1 amide bonds. The molecule has 1 aromatic heterocycles. The van der Waals surface area contributed by atoms with E-state index in [0.717, 1.165) is 23.1 Å². The number of rotatable bonds is 5. The van der Waals surface area contributed by atoms with E-state index in [2.05, 4.69) is 6.58 Å².